The number of ether oxygens (including phenoxy) is 1. The van der Waals surface area contributed by atoms with Gasteiger partial charge in [-0.3, -0.25) is 4.68 Å². The maximum absolute atomic E-state index is 8.56. The summed E-state index contributed by atoms with van der Waals surface area (Å²) in [5, 5.41) is 13.2. The second-order valence-electron chi connectivity index (χ2n) is 3.43. The summed E-state index contributed by atoms with van der Waals surface area (Å²) in [5.41, 5.74) is 1.87. The molecule has 17 heavy (non-hydrogen) atoms. The molecule has 0 N–H and O–H groups in total. The van der Waals surface area contributed by atoms with Gasteiger partial charge in [0.25, 0.3) is 0 Å². The Bertz CT molecular complexity index is 571. The van der Waals surface area contributed by atoms with E-state index in [0.29, 0.717) is 10.8 Å². The molecule has 0 radical (unpaired) electrons. The Balaban J connectivity index is 2.33. The van der Waals surface area contributed by atoms with Gasteiger partial charge in [0.1, 0.15) is 12.3 Å². The minimum atomic E-state index is 0.240. The fraction of sp³-hybridized carbons (Fsp3) is 0.167. The summed E-state index contributed by atoms with van der Waals surface area (Å²) in [6.45, 7) is 0.240. The molecule has 4 nitrogen and oxygen atoms in total. The number of hydrogen-bond donors (Lipinski definition) is 0. The Hall–Kier alpha value is -1.99. The predicted octanol–water partition coefficient (Wildman–Crippen LogP) is 2.74. The summed E-state index contributed by atoms with van der Waals surface area (Å²) in [4.78, 5) is 0. The van der Waals surface area contributed by atoms with Crippen molar-refractivity contribution in [1.29, 1.82) is 5.26 Å². The highest BCUT2D eigenvalue weighted by molar-refractivity contribution is 6.32. The molecule has 0 unspecified atom stereocenters. The number of benzene rings is 1. The molecule has 5 heteroatoms. The lowest BCUT2D eigenvalue weighted by atomic mass is 10.1. The molecule has 0 saturated carbocycles. The van der Waals surface area contributed by atoms with Crippen LogP contribution in [0.4, 0.5) is 0 Å². The molecule has 0 atom stereocenters. The van der Waals surface area contributed by atoms with Crippen LogP contribution in [0.15, 0.2) is 30.6 Å². The number of halogens is 1. The van der Waals surface area contributed by atoms with E-state index >= 15 is 0 Å². The van der Waals surface area contributed by atoms with Crippen LogP contribution in [0.1, 0.15) is 0 Å². The van der Waals surface area contributed by atoms with Crippen LogP contribution in [0.5, 0.6) is 5.75 Å². The maximum atomic E-state index is 8.56. The average molecular weight is 248 g/mol. The van der Waals surface area contributed by atoms with Crippen molar-refractivity contribution < 1.29 is 4.74 Å². The number of methoxy groups -OCH3 is 1. The van der Waals surface area contributed by atoms with E-state index in [1.165, 1.54) is 0 Å². The third-order valence-electron chi connectivity index (χ3n) is 2.35. The molecule has 86 valence electrons. The van der Waals surface area contributed by atoms with Gasteiger partial charge < -0.3 is 4.74 Å². The van der Waals surface area contributed by atoms with Crippen LogP contribution in [0.3, 0.4) is 0 Å². The molecule has 0 aliphatic rings. The third-order valence-corrected chi connectivity index (χ3v) is 2.65. The molecule has 0 aliphatic heterocycles. The maximum Gasteiger partial charge on any atom is 0.137 e. The van der Waals surface area contributed by atoms with E-state index in [1.54, 1.807) is 30.3 Å². The topological polar surface area (TPSA) is 50.8 Å². The first-order valence-corrected chi connectivity index (χ1v) is 5.35. The summed E-state index contributed by atoms with van der Waals surface area (Å²) >= 11 is 6.04. The molecule has 0 amide bonds. The highest BCUT2D eigenvalue weighted by Crippen LogP contribution is 2.29. The zero-order chi connectivity index (χ0) is 12.3. The van der Waals surface area contributed by atoms with Crippen molar-refractivity contribution in [3.63, 3.8) is 0 Å². The summed E-state index contributed by atoms with van der Waals surface area (Å²) in [6, 6.07) is 7.55. The normalized spacial score (nSPS) is 9.94. The fourth-order valence-electron chi connectivity index (χ4n) is 1.52. The molecule has 0 aliphatic carbocycles. The van der Waals surface area contributed by atoms with Gasteiger partial charge in [-0.1, -0.05) is 17.7 Å². The number of rotatable bonds is 3. The highest BCUT2D eigenvalue weighted by Gasteiger charge is 2.05. The van der Waals surface area contributed by atoms with E-state index in [9.17, 15) is 0 Å². The van der Waals surface area contributed by atoms with Gasteiger partial charge in [-0.25, -0.2) is 0 Å². The second kappa shape index (κ2) is 4.89. The first-order chi connectivity index (χ1) is 8.24. The SMILES string of the molecule is COc1ccc(-c2cnn(CC#N)c2)cc1Cl. The zero-order valence-corrected chi connectivity index (χ0v) is 9.98. The van der Waals surface area contributed by atoms with Crippen LogP contribution < -0.4 is 4.74 Å². The standard InChI is InChI=1S/C12H10ClN3O/c1-17-12-3-2-9(6-11(12)13)10-7-15-16(8-10)5-4-14/h2-3,6-8H,5H2,1H3. The average Bonchev–Trinajstić information content (AvgIpc) is 2.78. The van der Waals surface area contributed by atoms with E-state index in [0.717, 1.165) is 11.1 Å². The molecular formula is C12H10ClN3O. The smallest absolute Gasteiger partial charge is 0.137 e. The van der Waals surface area contributed by atoms with Crippen molar-refractivity contribution >= 4 is 11.6 Å². The van der Waals surface area contributed by atoms with Crippen molar-refractivity contribution in [1.82, 2.24) is 9.78 Å². The Morgan fingerprint density at radius 1 is 1.47 bits per heavy atom. The van der Waals surface area contributed by atoms with Gasteiger partial charge in [-0.15, -0.1) is 0 Å². The quantitative estimate of drug-likeness (QED) is 0.838. The molecule has 2 aromatic rings. The summed E-state index contributed by atoms with van der Waals surface area (Å²) in [7, 11) is 1.58. The Kier molecular flexibility index (Phi) is 3.31. The summed E-state index contributed by atoms with van der Waals surface area (Å²) in [6.07, 6.45) is 3.51. The molecule has 2 rings (SSSR count). The predicted molar refractivity (Wildman–Crippen MR) is 64.8 cm³/mol. The molecule has 0 fully saturated rings. The minimum absolute atomic E-state index is 0.240. The summed E-state index contributed by atoms with van der Waals surface area (Å²) in [5.74, 6) is 0.639. The minimum Gasteiger partial charge on any atom is -0.495 e. The molecule has 1 aromatic heterocycles. The second-order valence-corrected chi connectivity index (χ2v) is 3.84. The number of nitrogens with zero attached hydrogens (tertiary/aromatic N) is 3. The van der Waals surface area contributed by atoms with E-state index < -0.39 is 0 Å². The van der Waals surface area contributed by atoms with Crippen LogP contribution in [0, 0.1) is 11.3 Å². The van der Waals surface area contributed by atoms with E-state index in [4.69, 9.17) is 21.6 Å². The zero-order valence-electron chi connectivity index (χ0n) is 9.22. The lowest BCUT2D eigenvalue weighted by Gasteiger charge is -2.04. The van der Waals surface area contributed by atoms with Gasteiger partial charge in [0.2, 0.25) is 0 Å². The van der Waals surface area contributed by atoms with Crippen molar-refractivity contribution in [2.24, 2.45) is 0 Å². The first kappa shape index (κ1) is 11.5. The van der Waals surface area contributed by atoms with Crippen LogP contribution >= 0.6 is 11.6 Å². The number of nitriles is 1. The van der Waals surface area contributed by atoms with Gasteiger partial charge in [0, 0.05) is 11.8 Å². The van der Waals surface area contributed by atoms with Crippen molar-refractivity contribution in [3.8, 4) is 22.9 Å². The van der Waals surface area contributed by atoms with Crippen LogP contribution in [-0.4, -0.2) is 16.9 Å². The lowest BCUT2D eigenvalue weighted by molar-refractivity contribution is 0.415. The van der Waals surface area contributed by atoms with E-state index in [1.807, 2.05) is 18.2 Å². The number of hydrogen-bond acceptors (Lipinski definition) is 3. The molecule has 1 aromatic carbocycles. The van der Waals surface area contributed by atoms with Crippen LogP contribution in [0.2, 0.25) is 5.02 Å². The Morgan fingerprint density at radius 3 is 2.94 bits per heavy atom. The van der Waals surface area contributed by atoms with Crippen LogP contribution in [0.25, 0.3) is 11.1 Å². The van der Waals surface area contributed by atoms with Gasteiger partial charge in [0.05, 0.1) is 24.4 Å². The van der Waals surface area contributed by atoms with Crippen LogP contribution in [-0.2, 0) is 6.54 Å². The van der Waals surface area contributed by atoms with Crippen molar-refractivity contribution in [2.45, 2.75) is 6.54 Å². The summed E-state index contributed by atoms with van der Waals surface area (Å²) < 4.78 is 6.66. The largest absolute Gasteiger partial charge is 0.495 e. The van der Waals surface area contributed by atoms with E-state index in [-0.39, 0.29) is 6.54 Å². The van der Waals surface area contributed by atoms with Gasteiger partial charge in [0.15, 0.2) is 0 Å². The molecule has 0 bridgehead atoms. The first-order valence-electron chi connectivity index (χ1n) is 4.98. The Labute approximate surface area is 104 Å². The van der Waals surface area contributed by atoms with Gasteiger partial charge in [-0.05, 0) is 17.7 Å². The number of aromatic nitrogens is 2. The van der Waals surface area contributed by atoms with Crippen molar-refractivity contribution in [2.75, 3.05) is 7.11 Å². The molecule has 1 heterocycles. The van der Waals surface area contributed by atoms with E-state index in [2.05, 4.69) is 5.10 Å². The molecule has 0 spiro atoms. The Morgan fingerprint density at radius 2 is 2.29 bits per heavy atom. The highest BCUT2D eigenvalue weighted by atomic mass is 35.5. The molecular weight excluding hydrogens is 238 g/mol. The monoisotopic (exact) mass is 247 g/mol. The molecule has 0 saturated heterocycles. The third kappa shape index (κ3) is 2.40. The fourth-order valence-corrected chi connectivity index (χ4v) is 1.78. The lowest BCUT2D eigenvalue weighted by Crippen LogP contribution is -1.93. The van der Waals surface area contributed by atoms with Gasteiger partial charge in [-0.2, -0.15) is 10.4 Å². The van der Waals surface area contributed by atoms with Gasteiger partial charge >= 0.3 is 0 Å². The van der Waals surface area contributed by atoms with Crippen molar-refractivity contribution in [3.05, 3.63) is 35.6 Å².